The molecular formula is C22H14Cl3N5O3. The number of fused-ring (bicyclic) bond motifs is 1. The summed E-state index contributed by atoms with van der Waals surface area (Å²) < 4.78 is 0. The molecule has 0 spiro atoms. The Labute approximate surface area is 201 Å². The Morgan fingerprint density at radius 3 is 2.45 bits per heavy atom. The normalized spacial score (nSPS) is 12.5. The van der Waals surface area contributed by atoms with Crippen LogP contribution in [0.2, 0.25) is 15.1 Å². The minimum atomic E-state index is -1.51. The van der Waals surface area contributed by atoms with Gasteiger partial charge in [0.15, 0.2) is 5.69 Å². The van der Waals surface area contributed by atoms with Gasteiger partial charge in [-0.2, -0.15) is 5.10 Å². The molecule has 1 atom stereocenters. The number of nitrogens with one attached hydrogen (secondary N) is 2. The highest BCUT2D eigenvalue weighted by atomic mass is 35.5. The third kappa shape index (κ3) is 5.04. The van der Waals surface area contributed by atoms with E-state index in [1.807, 2.05) is 0 Å². The van der Waals surface area contributed by atoms with Crippen LogP contribution >= 0.6 is 34.8 Å². The van der Waals surface area contributed by atoms with E-state index < -0.39 is 17.6 Å². The van der Waals surface area contributed by atoms with Gasteiger partial charge in [0, 0.05) is 38.6 Å². The highest BCUT2D eigenvalue weighted by Gasteiger charge is 2.25. The Morgan fingerprint density at radius 2 is 1.73 bits per heavy atom. The SMILES string of the molecule is O=C(N/N=C(/c1nc2ccc(Cl)cc2[nH]c1=O)C(O)c1ccc(Cl)cc1Cl)c1ccncc1. The lowest BCUT2D eigenvalue weighted by Crippen LogP contribution is -2.29. The van der Waals surface area contributed by atoms with E-state index in [2.05, 4.69) is 25.5 Å². The molecule has 8 nitrogen and oxygen atoms in total. The third-order valence-electron chi connectivity index (χ3n) is 4.63. The number of rotatable bonds is 5. The fourth-order valence-electron chi connectivity index (χ4n) is 3.03. The zero-order valence-corrected chi connectivity index (χ0v) is 18.9. The van der Waals surface area contributed by atoms with Gasteiger partial charge >= 0.3 is 0 Å². The summed E-state index contributed by atoms with van der Waals surface area (Å²) >= 11 is 18.2. The zero-order valence-electron chi connectivity index (χ0n) is 16.6. The molecule has 166 valence electrons. The summed E-state index contributed by atoms with van der Waals surface area (Å²) in [6.07, 6.45) is 1.39. The van der Waals surface area contributed by atoms with Crippen LogP contribution in [0.25, 0.3) is 11.0 Å². The lowest BCUT2D eigenvalue weighted by molar-refractivity contribution is 0.0954. The maximum absolute atomic E-state index is 12.8. The van der Waals surface area contributed by atoms with Gasteiger partial charge in [-0.1, -0.05) is 40.9 Å². The first-order valence-electron chi connectivity index (χ1n) is 9.44. The molecule has 2 aromatic heterocycles. The number of pyridine rings is 1. The first-order chi connectivity index (χ1) is 15.8. The second kappa shape index (κ2) is 9.68. The Hall–Kier alpha value is -3.30. The van der Waals surface area contributed by atoms with E-state index in [1.165, 1.54) is 42.7 Å². The highest BCUT2D eigenvalue weighted by molar-refractivity contribution is 6.35. The number of aromatic nitrogens is 3. The first-order valence-corrected chi connectivity index (χ1v) is 10.6. The van der Waals surface area contributed by atoms with Crippen molar-refractivity contribution in [3.63, 3.8) is 0 Å². The number of hydrogen-bond donors (Lipinski definition) is 3. The summed E-state index contributed by atoms with van der Waals surface area (Å²) in [5, 5.41) is 16.1. The summed E-state index contributed by atoms with van der Waals surface area (Å²) in [7, 11) is 0. The minimum Gasteiger partial charge on any atom is -0.382 e. The monoisotopic (exact) mass is 501 g/mol. The van der Waals surface area contributed by atoms with Gasteiger partial charge in [0.25, 0.3) is 11.5 Å². The van der Waals surface area contributed by atoms with Gasteiger partial charge in [-0.05, 0) is 42.5 Å². The molecule has 2 aromatic carbocycles. The van der Waals surface area contributed by atoms with E-state index in [-0.39, 0.29) is 27.6 Å². The Kier molecular flexibility index (Phi) is 6.71. The van der Waals surface area contributed by atoms with Crippen LogP contribution in [0.4, 0.5) is 0 Å². The number of hydrogen-bond acceptors (Lipinski definition) is 6. The number of aliphatic hydroxyl groups excluding tert-OH is 1. The molecule has 3 N–H and O–H groups in total. The summed E-state index contributed by atoms with van der Waals surface area (Å²) in [5.41, 5.74) is 2.56. The van der Waals surface area contributed by atoms with E-state index in [9.17, 15) is 14.7 Å². The fourth-order valence-corrected chi connectivity index (χ4v) is 3.71. The van der Waals surface area contributed by atoms with E-state index in [0.29, 0.717) is 21.1 Å². The van der Waals surface area contributed by atoms with E-state index in [0.717, 1.165) is 0 Å². The molecule has 0 saturated carbocycles. The number of aliphatic hydroxyl groups is 1. The zero-order chi connectivity index (χ0) is 23.5. The number of aromatic amines is 1. The average Bonchev–Trinajstić information content (AvgIpc) is 2.79. The van der Waals surface area contributed by atoms with E-state index in [4.69, 9.17) is 34.8 Å². The van der Waals surface area contributed by atoms with Crippen molar-refractivity contribution in [1.82, 2.24) is 20.4 Å². The van der Waals surface area contributed by atoms with Crippen molar-refractivity contribution < 1.29 is 9.90 Å². The number of benzene rings is 2. The quantitative estimate of drug-likeness (QED) is 0.280. The molecule has 33 heavy (non-hydrogen) atoms. The Balaban J connectivity index is 1.82. The number of carbonyl (C=O) groups is 1. The molecule has 11 heteroatoms. The van der Waals surface area contributed by atoms with Crippen molar-refractivity contribution >= 4 is 57.5 Å². The van der Waals surface area contributed by atoms with Gasteiger partial charge < -0.3 is 10.1 Å². The van der Waals surface area contributed by atoms with Gasteiger partial charge in [0.1, 0.15) is 11.8 Å². The van der Waals surface area contributed by atoms with E-state index in [1.54, 1.807) is 18.2 Å². The van der Waals surface area contributed by atoms with Crippen LogP contribution in [-0.4, -0.2) is 31.7 Å². The Morgan fingerprint density at radius 1 is 1.03 bits per heavy atom. The van der Waals surface area contributed by atoms with Gasteiger partial charge in [-0.3, -0.25) is 14.6 Å². The van der Waals surface area contributed by atoms with Gasteiger partial charge in [0.2, 0.25) is 0 Å². The number of halogens is 3. The molecule has 2 heterocycles. The molecule has 4 aromatic rings. The average molecular weight is 503 g/mol. The molecule has 0 aliphatic heterocycles. The van der Waals surface area contributed by atoms with Gasteiger partial charge in [0.05, 0.1) is 11.0 Å². The minimum absolute atomic E-state index is 0.146. The second-order valence-electron chi connectivity index (χ2n) is 6.82. The third-order valence-corrected chi connectivity index (χ3v) is 5.43. The fraction of sp³-hybridized carbons (Fsp3) is 0.0455. The lowest BCUT2D eigenvalue weighted by atomic mass is 10.0. The molecule has 0 radical (unpaired) electrons. The maximum Gasteiger partial charge on any atom is 0.276 e. The number of nitrogens with zero attached hydrogens (tertiary/aromatic N) is 3. The number of amides is 1. The smallest absolute Gasteiger partial charge is 0.276 e. The number of hydrazone groups is 1. The van der Waals surface area contributed by atoms with Crippen molar-refractivity contribution in [3.8, 4) is 0 Å². The predicted octanol–water partition coefficient (Wildman–Crippen LogP) is 4.15. The van der Waals surface area contributed by atoms with Crippen LogP contribution in [0.3, 0.4) is 0 Å². The van der Waals surface area contributed by atoms with Crippen LogP contribution in [0, 0.1) is 0 Å². The molecule has 0 fully saturated rings. The van der Waals surface area contributed by atoms with Crippen molar-refractivity contribution in [1.29, 1.82) is 0 Å². The van der Waals surface area contributed by atoms with Crippen molar-refractivity contribution in [3.05, 3.63) is 103 Å². The molecule has 1 unspecified atom stereocenters. The number of H-pyrrole nitrogens is 1. The largest absolute Gasteiger partial charge is 0.382 e. The summed E-state index contributed by atoms with van der Waals surface area (Å²) in [4.78, 5) is 36.2. The van der Waals surface area contributed by atoms with Crippen molar-refractivity contribution in [2.75, 3.05) is 0 Å². The van der Waals surface area contributed by atoms with Crippen LogP contribution in [0.1, 0.15) is 27.7 Å². The highest BCUT2D eigenvalue weighted by Crippen LogP contribution is 2.28. The summed E-state index contributed by atoms with van der Waals surface area (Å²) in [6.45, 7) is 0. The standard InChI is InChI=1S/C22H14Cl3N5O3/c23-12-1-3-14(15(25)9-12)20(31)18(29-30-21(32)11-5-7-26-8-6-11)19-22(33)28-17-10-13(24)2-4-16(17)27-19/h1-10,20,31H,(H,28,33)(H,30,32)/b29-18-. The summed E-state index contributed by atoms with van der Waals surface area (Å²) in [6, 6.07) is 12.2. The van der Waals surface area contributed by atoms with Crippen molar-refractivity contribution in [2.24, 2.45) is 5.10 Å². The van der Waals surface area contributed by atoms with E-state index >= 15 is 0 Å². The van der Waals surface area contributed by atoms with Crippen LogP contribution in [0.5, 0.6) is 0 Å². The Bertz CT molecular complexity index is 1440. The lowest BCUT2D eigenvalue weighted by Gasteiger charge is -2.16. The second-order valence-corrected chi connectivity index (χ2v) is 8.10. The van der Waals surface area contributed by atoms with Gasteiger partial charge in [-0.25, -0.2) is 10.4 Å². The molecule has 0 aliphatic rings. The number of carbonyl (C=O) groups excluding carboxylic acids is 1. The van der Waals surface area contributed by atoms with Crippen LogP contribution < -0.4 is 11.0 Å². The van der Waals surface area contributed by atoms with Gasteiger partial charge in [-0.15, -0.1) is 0 Å². The molecular weight excluding hydrogens is 489 g/mol. The van der Waals surface area contributed by atoms with Crippen LogP contribution in [-0.2, 0) is 0 Å². The first kappa shape index (κ1) is 22.9. The molecule has 1 amide bonds. The van der Waals surface area contributed by atoms with Crippen LogP contribution in [0.15, 0.2) is 70.8 Å². The van der Waals surface area contributed by atoms with Crippen molar-refractivity contribution in [2.45, 2.75) is 6.10 Å². The molecule has 4 rings (SSSR count). The molecule has 0 saturated heterocycles. The summed E-state index contributed by atoms with van der Waals surface area (Å²) in [5.74, 6) is -0.576. The maximum atomic E-state index is 12.8. The molecule has 0 aliphatic carbocycles. The topological polar surface area (TPSA) is 120 Å². The molecule has 0 bridgehead atoms. The predicted molar refractivity (Wildman–Crippen MR) is 127 cm³/mol.